The summed E-state index contributed by atoms with van der Waals surface area (Å²) < 4.78 is 5.78. The van der Waals surface area contributed by atoms with Gasteiger partial charge in [-0.3, -0.25) is 0 Å². The lowest BCUT2D eigenvalue weighted by atomic mass is 10.1. The first kappa shape index (κ1) is 13.3. The highest BCUT2D eigenvalue weighted by Crippen LogP contribution is 2.24. The predicted molar refractivity (Wildman–Crippen MR) is 70.4 cm³/mol. The van der Waals surface area contributed by atoms with Gasteiger partial charge in [0.25, 0.3) is 0 Å². The Bertz CT molecular complexity index is 392. The average Bonchev–Trinajstić information content (AvgIpc) is 2.37. The molecular formula is C13H21N3O2. The second-order valence-corrected chi connectivity index (χ2v) is 5.29. The number of morpholine rings is 1. The van der Waals surface area contributed by atoms with Gasteiger partial charge in [0.05, 0.1) is 18.3 Å². The fraction of sp³-hybridized carbons (Fsp3) is 0.615. The molecule has 0 saturated carbocycles. The van der Waals surface area contributed by atoms with Gasteiger partial charge in [-0.25, -0.2) is 4.98 Å². The van der Waals surface area contributed by atoms with Crippen LogP contribution in [0.3, 0.4) is 0 Å². The molecule has 2 rings (SSSR count). The molecule has 1 fully saturated rings. The molecule has 1 aromatic heterocycles. The second kappa shape index (κ2) is 5.22. The molecule has 0 radical (unpaired) electrons. The lowest BCUT2D eigenvalue weighted by Crippen LogP contribution is -2.54. The quantitative estimate of drug-likeness (QED) is 0.819. The Morgan fingerprint density at radius 3 is 2.89 bits per heavy atom. The summed E-state index contributed by atoms with van der Waals surface area (Å²) >= 11 is 0. The Morgan fingerprint density at radius 1 is 1.56 bits per heavy atom. The largest absolute Gasteiger partial charge is 0.394 e. The van der Waals surface area contributed by atoms with Crippen LogP contribution in [0, 0.1) is 0 Å². The number of hydrogen-bond donors (Lipinski definition) is 2. The number of aliphatic hydroxyl groups excluding tert-OH is 1. The standard InChI is InChI=1S/C13H21N3O2/c1-13(2)9-16(7-11(8-17)18-13)12-4-3-10(5-14)6-15-12/h3-4,6,11,17H,5,7-9,14H2,1-2H3. The molecule has 1 saturated heterocycles. The van der Waals surface area contributed by atoms with E-state index in [0.29, 0.717) is 13.1 Å². The van der Waals surface area contributed by atoms with Gasteiger partial charge in [-0.1, -0.05) is 6.07 Å². The number of ether oxygens (including phenoxy) is 1. The Balaban J connectivity index is 2.15. The summed E-state index contributed by atoms with van der Waals surface area (Å²) in [5, 5.41) is 9.28. The summed E-state index contributed by atoms with van der Waals surface area (Å²) in [6, 6.07) is 3.96. The second-order valence-electron chi connectivity index (χ2n) is 5.29. The number of pyridine rings is 1. The smallest absolute Gasteiger partial charge is 0.128 e. The Labute approximate surface area is 108 Å². The van der Waals surface area contributed by atoms with Crippen molar-refractivity contribution in [2.75, 3.05) is 24.6 Å². The highest BCUT2D eigenvalue weighted by Gasteiger charge is 2.33. The van der Waals surface area contributed by atoms with E-state index in [4.69, 9.17) is 10.5 Å². The van der Waals surface area contributed by atoms with Crippen molar-refractivity contribution in [1.29, 1.82) is 0 Å². The molecule has 18 heavy (non-hydrogen) atoms. The van der Waals surface area contributed by atoms with Crippen LogP contribution in [0.2, 0.25) is 0 Å². The minimum absolute atomic E-state index is 0.0286. The van der Waals surface area contributed by atoms with Crippen molar-refractivity contribution < 1.29 is 9.84 Å². The zero-order valence-electron chi connectivity index (χ0n) is 11.0. The predicted octanol–water partition coefficient (Wildman–Crippen LogP) is 0.516. The van der Waals surface area contributed by atoms with Gasteiger partial charge in [0, 0.05) is 25.8 Å². The summed E-state index contributed by atoms with van der Waals surface area (Å²) in [6.45, 7) is 6.00. The summed E-state index contributed by atoms with van der Waals surface area (Å²) in [4.78, 5) is 6.56. The van der Waals surface area contributed by atoms with Crippen molar-refractivity contribution in [3.05, 3.63) is 23.9 Å². The molecule has 1 atom stereocenters. The first-order valence-electron chi connectivity index (χ1n) is 6.23. The topological polar surface area (TPSA) is 71.6 Å². The Hall–Kier alpha value is -1.17. The van der Waals surface area contributed by atoms with Crippen LogP contribution in [0.1, 0.15) is 19.4 Å². The normalized spacial score (nSPS) is 23.1. The van der Waals surface area contributed by atoms with E-state index in [0.717, 1.165) is 17.9 Å². The molecule has 0 aliphatic carbocycles. The van der Waals surface area contributed by atoms with Crippen molar-refractivity contribution >= 4 is 5.82 Å². The third-order valence-electron chi connectivity index (χ3n) is 3.05. The van der Waals surface area contributed by atoms with Crippen LogP contribution in [-0.4, -0.2) is 41.5 Å². The first-order chi connectivity index (χ1) is 8.54. The SMILES string of the molecule is CC1(C)CN(c2ccc(CN)cn2)CC(CO)O1. The van der Waals surface area contributed by atoms with Gasteiger partial charge in [0.15, 0.2) is 0 Å². The fourth-order valence-electron chi connectivity index (χ4n) is 2.29. The average molecular weight is 251 g/mol. The molecule has 100 valence electrons. The van der Waals surface area contributed by atoms with Gasteiger partial charge in [-0.15, -0.1) is 0 Å². The summed E-state index contributed by atoms with van der Waals surface area (Å²) in [5.41, 5.74) is 6.30. The Morgan fingerprint density at radius 2 is 2.33 bits per heavy atom. The van der Waals surface area contributed by atoms with E-state index in [1.165, 1.54) is 0 Å². The van der Waals surface area contributed by atoms with E-state index in [1.54, 1.807) is 6.20 Å². The molecule has 0 aromatic carbocycles. The highest BCUT2D eigenvalue weighted by atomic mass is 16.5. The van der Waals surface area contributed by atoms with Crippen LogP contribution >= 0.6 is 0 Å². The molecular weight excluding hydrogens is 230 g/mol. The van der Waals surface area contributed by atoms with Crippen LogP contribution in [0.15, 0.2) is 18.3 Å². The van der Waals surface area contributed by atoms with E-state index in [2.05, 4.69) is 9.88 Å². The van der Waals surface area contributed by atoms with Gasteiger partial charge in [0.1, 0.15) is 5.82 Å². The number of rotatable bonds is 3. The zero-order chi connectivity index (χ0) is 13.2. The number of nitrogens with zero attached hydrogens (tertiary/aromatic N) is 2. The molecule has 1 aromatic rings. The van der Waals surface area contributed by atoms with E-state index < -0.39 is 0 Å². The molecule has 0 spiro atoms. The van der Waals surface area contributed by atoms with Gasteiger partial charge in [0.2, 0.25) is 0 Å². The van der Waals surface area contributed by atoms with Crippen molar-refractivity contribution in [2.45, 2.75) is 32.1 Å². The first-order valence-corrected chi connectivity index (χ1v) is 6.23. The van der Waals surface area contributed by atoms with E-state index >= 15 is 0 Å². The maximum absolute atomic E-state index is 9.28. The number of nitrogens with two attached hydrogens (primary N) is 1. The molecule has 5 heteroatoms. The van der Waals surface area contributed by atoms with E-state index in [-0.39, 0.29) is 18.3 Å². The van der Waals surface area contributed by atoms with E-state index in [1.807, 2.05) is 26.0 Å². The van der Waals surface area contributed by atoms with Gasteiger partial charge in [-0.05, 0) is 25.5 Å². The third kappa shape index (κ3) is 2.98. The lowest BCUT2D eigenvalue weighted by Gasteiger charge is -2.42. The maximum atomic E-state index is 9.28. The highest BCUT2D eigenvalue weighted by molar-refractivity contribution is 5.40. The molecule has 1 aliphatic heterocycles. The molecule has 1 unspecified atom stereocenters. The lowest BCUT2D eigenvalue weighted by molar-refractivity contribution is -0.101. The van der Waals surface area contributed by atoms with Crippen molar-refractivity contribution in [1.82, 2.24) is 4.98 Å². The van der Waals surface area contributed by atoms with Gasteiger partial charge < -0.3 is 20.5 Å². The number of aliphatic hydroxyl groups is 1. The maximum Gasteiger partial charge on any atom is 0.128 e. The molecule has 2 heterocycles. The molecule has 0 bridgehead atoms. The van der Waals surface area contributed by atoms with Crippen LogP contribution in [0.5, 0.6) is 0 Å². The minimum atomic E-state index is -0.278. The summed E-state index contributed by atoms with van der Waals surface area (Å²) in [7, 11) is 0. The molecule has 3 N–H and O–H groups in total. The van der Waals surface area contributed by atoms with Crippen LogP contribution < -0.4 is 10.6 Å². The van der Waals surface area contributed by atoms with Crippen LogP contribution in [-0.2, 0) is 11.3 Å². The molecule has 1 aliphatic rings. The fourth-order valence-corrected chi connectivity index (χ4v) is 2.29. The summed E-state index contributed by atoms with van der Waals surface area (Å²) in [6.07, 6.45) is 1.64. The van der Waals surface area contributed by atoms with Crippen molar-refractivity contribution in [3.63, 3.8) is 0 Å². The molecule has 5 nitrogen and oxygen atoms in total. The van der Waals surface area contributed by atoms with Gasteiger partial charge >= 0.3 is 0 Å². The minimum Gasteiger partial charge on any atom is -0.394 e. The zero-order valence-corrected chi connectivity index (χ0v) is 11.0. The van der Waals surface area contributed by atoms with Crippen molar-refractivity contribution in [3.8, 4) is 0 Å². The monoisotopic (exact) mass is 251 g/mol. The molecule has 0 amide bonds. The van der Waals surface area contributed by atoms with Crippen molar-refractivity contribution in [2.24, 2.45) is 5.73 Å². The number of aromatic nitrogens is 1. The van der Waals surface area contributed by atoms with Crippen LogP contribution in [0.4, 0.5) is 5.82 Å². The number of hydrogen-bond acceptors (Lipinski definition) is 5. The number of anilines is 1. The Kier molecular flexibility index (Phi) is 3.85. The summed E-state index contributed by atoms with van der Waals surface area (Å²) in [5.74, 6) is 0.905. The third-order valence-corrected chi connectivity index (χ3v) is 3.05. The van der Waals surface area contributed by atoms with E-state index in [9.17, 15) is 5.11 Å². The van der Waals surface area contributed by atoms with Gasteiger partial charge in [-0.2, -0.15) is 0 Å². The van der Waals surface area contributed by atoms with Crippen LogP contribution in [0.25, 0.3) is 0 Å².